The maximum Gasteiger partial charge on any atom is 0.232 e. The molecule has 0 N–H and O–H groups in total. The lowest BCUT2D eigenvalue weighted by molar-refractivity contribution is -0.127. The number of amides is 1. The van der Waals surface area contributed by atoms with Crippen molar-refractivity contribution in [3.8, 4) is 0 Å². The fourth-order valence-electron chi connectivity index (χ4n) is 3.12. The van der Waals surface area contributed by atoms with Gasteiger partial charge >= 0.3 is 0 Å². The Morgan fingerprint density at radius 1 is 1.12 bits per heavy atom. The molecule has 1 saturated heterocycles. The second-order valence-corrected chi connectivity index (χ2v) is 7.36. The number of carbonyl (C=O) groups is 1. The highest BCUT2D eigenvalue weighted by molar-refractivity contribution is 8.00. The number of benzene rings is 2. The van der Waals surface area contributed by atoms with Gasteiger partial charge in [0.25, 0.3) is 0 Å². The summed E-state index contributed by atoms with van der Waals surface area (Å²) >= 11 is 1.61. The average Bonchev–Trinajstić information content (AvgIpc) is 3.10. The predicted octanol–water partition coefficient (Wildman–Crippen LogP) is 3.76. The van der Waals surface area contributed by atoms with Crippen molar-refractivity contribution in [2.45, 2.75) is 11.3 Å². The Kier molecular flexibility index (Phi) is 5.81. The van der Waals surface area contributed by atoms with Gasteiger partial charge in [-0.25, -0.2) is 0 Å². The molecule has 1 amide bonds. The molecule has 0 aliphatic carbocycles. The van der Waals surface area contributed by atoms with Crippen LogP contribution in [0.2, 0.25) is 0 Å². The van der Waals surface area contributed by atoms with E-state index in [1.54, 1.807) is 11.8 Å². The van der Waals surface area contributed by atoms with E-state index in [9.17, 15) is 4.79 Å². The molecule has 1 aliphatic rings. The van der Waals surface area contributed by atoms with E-state index in [1.807, 2.05) is 48.3 Å². The van der Waals surface area contributed by atoms with Gasteiger partial charge in [-0.2, -0.15) is 0 Å². The van der Waals surface area contributed by atoms with Gasteiger partial charge in [-0.05, 0) is 36.6 Å². The molecule has 0 spiro atoms. The summed E-state index contributed by atoms with van der Waals surface area (Å²) in [5.74, 6) is 1.28. The van der Waals surface area contributed by atoms with Crippen LogP contribution in [0.15, 0.2) is 65.6 Å². The molecule has 1 aliphatic heterocycles. The van der Waals surface area contributed by atoms with Crippen LogP contribution in [0.5, 0.6) is 0 Å². The number of hydrogen-bond donors (Lipinski definition) is 0. The van der Waals surface area contributed by atoms with Crippen molar-refractivity contribution >= 4 is 23.4 Å². The summed E-state index contributed by atoms with van der Waals surface area (Å²) in [7, 11) is 1.93. The van der Waals surface area contributed by atoms with Crippen LogP contribution in [-0.2, 0) is 4.79 Å². The van der Waals surface area contributed by atoms with Crippen molar-refractivity contribution in [2.24, 2.45) is 5.92 Å². The van der Waals surface area contributed by atoms with Crippen molar-refractivity contribution in [1.82, 2.24) is 4.90 Å². The third-order valence-electron chi connectivity index (χ3n) is 4.47. The topological polar surface area (TPSA) is 23.6 Å². The minimum absolute atomic E-state index is 0.210. The summed E-state index contributed by atoms with van der Waals surface area (Å²) in [6.45, 7) is 2.96. The normalized spacial score (nSPS) is 17.0. The van der Waals surface area contributed by atoms with E-state index < -0.39 is 0 Å². The Labute approximate surface area is 148 Å². The molecule has 1 atom stereocenters. The maximum absolute atomic E-state index is 12.3. The highest BCUT2D eigenvalue weighted by Crippen LogP contribution is 2.24. The molecule has 3 rings (SSSR count). The largest absolute Gasteiger partial charge is 0.371 e. The standard InChI is InChI=1S/C20H24N2OS/c1-21(20(23)16-24-19-10-6-3-7-11-19)14-17-12-13-22(15-17)18-8-4-2-5-9-18/h2-11,17H,12-16H2,1H3/t17-/m1/s1. The lowest BCUT2D eigenvalue weighted by Gasteiger charge is -2.22. The summed E-state index contributed by atoms with van der Waals surface area (Å²) < 4.78 is 0. The van der Waals surface area contributed by atoms with Gasteiger partial charge in [0.05, 0.1) is 5.75 Å². The molecule has 24 heavy (non-hydrogen) atoms. The number of rotatable bonds is 6. The van der Waals surface area contributed by atoms with E-state index >= 15 is 0 Å². The number of carbonyl (C=O) groups excluding carboxylic acids is 1. The van der Waals surface area contributed by atoms with Gasteiger partial charge in [-0.15, -0.1) is 11.8 Å². The Morgan fingerprint density at radius 2 is 1.79 bits per heavy atom. The fraction of sp³-hybridized carbons (Fsp3) is 0.350. The second kappa shape index (κ2) is 8.25. The summed E-state index contributed by atoms with van der Waals surface area (Å²) in [6.07, 6.45) is 1.15. The molecule has 0 aromatic heterocycles. The zero-order valence-corrected chi connectivity index (χ0v) is 14.9. The van der Waals surface area contributed by atoms with Crippen LogP contribution in [0.3, 0.4) is 0 Å². The molecule has 2 aromatic carbocycles. The van der Waals surface area contributed by atoms with Gasteiger partial charge < -0.3 is 9.80 Å². The quantitative estimate of drug-likeness (QED) is 0.748. The summed E-state index contributed by atoms with van der Waals surface area (Å²) in [6, 6.07) is 20.6. The third kappa shape index (κ3) is 4.54. The molecule has 0 unspecified atom stereocenters. The first-order valence-electron chi connectivity index (χ1n) is 8.44. The molecular weight excluding hydrogens is 316 g/mol. The van der Waals surface area contributed by atoms with E-state index in [-0.39, 0.29) is 5.91 Å². The molecule has 0 radical (unpaired) electrons. The first kappa shape index (κ1) is 16.9. The second-order valence-electron chi connectivity index (χ2n) is 6.31. The summed E-state index contributed by atoms with van der Waals surface area (Å²) in [5.41, 5.74) is 1.29. The minimum Gasteiger partial charge on any atom is -0.371 e. The van der Waals surface area contributed by atoms with Crippen LogP contribution < -0.4 is 4.90 Å². The van der Waals surface area contributed by atoms with Crippen LogP contribution in [0.25, 0.3) is 0 Å². The van der Waals surface area contributed by atoms with Crippen molar-refractivity contribution in [3.63, 3.8) is 0 Å². The van der Waals surface area contributed by atoms with Crippen LogP contribution in [0, 0.1) is 5.92 Å². The molecule has 0 saturated carbocycles. The zero-order valence-electron chi connectivity index (χ0n) is 14.1. The van der Waals surface area contributed by atoms with Gasteiger partial charge in [-0.1, -0.05) is 36.4 Å². The summed E-state index contributed by atoms with van der Waals surface area (Å²) in [5, 5.41) is 0. The molecular formula is C20H24N2OS. The summed E-state index contributed by atoms with van der Waals surface area (Å²) in [4.78, 5) is 17.8. The SMILES string of the molecule is CN(C[C@H]1CCN(c2ccccc2)C1)C(=O)CSc1ccccc1. The Morgan fingerprint density at radius 3 is 2.50 bits per heavy atom. The molecule has 126 valence electrons. The molecule has 3 nitrogen and oxygen atoms in total. The maximum atomic E-state index is 12.3. The number of hydrogen-bond acceptors (Lipinski definition) is 3. The van der Waals surface area contributed by atoms with Crippen molar-refractivity contribution in [2.75, 3.05) is 37.3 Å². The molecule has 4 heteroatoms. The monoisotopic (exact) mass is 340 g/mol. The van der Waals surface area contributed by atoms with E-state index in [2.05, 4.69) is 29.2 Å². The lowest BCUT2D eigenvalue weighted by atomic mass is 10.1. The Balaban J connectivity index is 1.45. The van der Waals surface area contributed by atoms with Gasteiger partial charge in [-0.3, -0.25) is 4.79 Å². The van der Waals surface area contributed by atoms with E-state index in [0.29, 0.717) is 11.7 Å². The fourth-order valence-corrected chi connectivity index (χ4v) is 3.98. The van der Waals surface area contributed by atoms with E-state index in [1.165, 1.54) is 5.69 Å². The number of thioether (sulfide) groups is 1. The molecule has 2 aromatic rings. The molecule has 0 bridgehead atoms. The van der Waals surface area contributed by atoms with Crippen molar-refractivity contribution in [1.29, 1.82) is 0 Å². The van der Waals surface area contributed by atoms with Crippen LogP contribution in [0.1, 0.15) is 6.42 Å². The number of nitrogens with zero attached hydrogens (tertiary/aromatic N) is 2. The first-order chi connectivity index (χ1) is 11.7. The van der Waals surface area contributed by atoms with Crippen molar-refractivity contribution in [3.05, 3.63) is 60.7 Å². The molecule has 1 heterocycles. The average molecular weight is 340 g/mol. The predicted molar refractivity (Wildman–Crippen MR) is 102 cm³/mol. The first-order valence-corrected chi connectivity index (χ1v) is 9.43. The van der Waals surface area contributed by atoms with Gasteiger partial charge in [0, 0.05) is 37.3 Å². The Bertz CT molecular complexity index is 647. The van der Waals surface area contributed by atoms with Crippen LogP contribution >= 0.6 is 11.8 Å². The van der Waals surface area contributed by atoms with Crippen molar-refractivity contribution < 1.29 is 4.79 Å². The third-order valence-corrected chi connectivity index (χ3v) is 5.47. The van der Waals surface area contributed by atoms with Crippen LogP contribution in [0.4, 0.5) is 5.69 Å². The van der Waals surface area contributed by atoms with Gasteiger partial charge in [0.15, 0.2) is 0 Å². The van der Waals surface area contributed by atoms with E-state index in [4.69, 9.17) is 0 Å². The van der Waals surface area contributed by atoms with E-state index in [0.717, 1.165) is 31.0 Å². The minimum atomic E-state index is 0.210. The lowest BCUT2D eigenvalue weighted by Crippen LogP contribution is -2.34. The van der Waals surface area contributed by atoms with Crippen LogP contribution in [-0.4, -0.2) is 43.2 Å². The highest BCUT2D eigenvalue weighted by Gasteiger charge is 2.25. The Hall–Kier alpha value is -1.94. The zero-order chi connectivity index (χ0) is 16.8. The number of para-hydroxylation sites is 1. The molecule has 1 fully saturated rings. The number of anilines is 1. The van der Waals surface area contributed by atoms with Gasteiger partial charge in [0.1, 0.15) is 0 Å². The van der Waals surface area contributed by atoms with Gasteiger partial charge in [0.2, 0.25) is 5.91 Å². The highest BCUT2D eigenvalue weighted by atomic mass is 32.2. The smallest absolute Gasteiger partial charge is 0.232 e.